The molecule has 0 radical (unpaired) electrons. The first-order valence-corrected chi connectivity index (χ1v) is 11.4. The number of nitrogens with zero attached hydrogens (tertiary/aromatic N) is 4. The molecule has 0 aliphatic carbocycles. The van der Waals surface area contributed by atoms with Gasteiger partial charge in [0.05, 0.1) is 18.0 Å². The van der Waals surface area contributed by atoms with Gasteiger partial charge in [0.1, 0.15) is 12.3 Å². The van der Waals surface area contributed by atoms with Crippen LogP contribution in [0, 0.1) is 0 Å². The Labute approximate surface area is 192 Å². The van der Waals surface area contributed by atoms with E-state index in [2.05, 4.69) is 17.0 Å². The first-order valence-electron chi connectivity index (χ1n) is 11.4. The van der Waals surface area contributed by atoms with Crippen LogP contribution in [0.3, 0.4) is 0 Å². The fourth-order valence-corrected chi connectivity index (χ4v) is 4.34. The lowest BCUT2D eigenvalue weighted by molar-refractivity contribution is -0.133. The van der Waals surface area contributed by atoms with E-state index in [1.807, 2.05) is 17.0 Å². The Morgan fingerprint density at radius 2 is 1.64 bits per heavy atom. The summed E-state index contributed by atoms with van der Waals surface area (Å²) in [5.74, 6) is 0.755. The predicted molar refractivity (Wildman–Crippen MR) is 128 cm³/mol. The highest BCUT2D eigenvalue weighted by molar-refractivity contribution is 5.81. The average Bonchev–Trinajstić information content (AvgIpc) is 2.86. The summed E-state index contributed by atoms with van der Waals surface area (Å²) < 4.78 is 7.82. The van der Waals surface area contributed by atoms with Crippen LogP contribution in [0.15, 0.2) is 58.1 Å². The van der Waals surface area contributed by atoms with Gasteiger partial charge in [-0.25, -0.2) is 4.79 Å². The summed E-state index contributed by atoms with van der Waals surface area (Å²) >= 11 is 0. The molecule has 1 aliphatic rings. The predicted octanol–water partition coefficient (Wildman–Crippen LogP) is 1.58. The number of aromatic nitrogens is 2. The molecule has 1 aliphatic heterocycles. The van der Waals surface area contributed by atoms with Crippen LogP contribution in [0.1, 0.15) is 12.5 Å². The zero-order valence-corrected chi connectivity index (χ0v) is 19.2. The van der Waals surface area contributed by atoms with E-state index in [0.717, 1.165) is 31.8 Å². The molecule has 2 heterocycles. The summed E-state index contributed by atoms with van der Waals surface area (Å²) in [4.78, 5) is 42.7. The van der Waals surface area contributed by atoms with Crippen LogP contribution in [0.5, 0.6) is 5.75 Å². The minimum absolute atomic E-state index is 0.0640. The zero-order valence-electron chi connectivity index (χ0n) is 19.2. The molecule has 1 fully saturated rings. The molecule has 1 aromatic heterocycles. The number of para-hydroxylation sites is 1. The van der Waals surface area contributed by atoms with Gasteiger partial charge in [0.25, 0.3) is 5.56 Å². The summed E-state index contributed by atoms with van der Waals surface area (Å²) in [6.45, 7) is 5.74. The Kier molecular flexibility index (Phi) is 6.93. The molecule has 1 saturated heterocycles. The second-order valence-corrected chi connectivity index (χ2v) is 8.26. The van der Waals surface area contributed by atoms with Gasteiger partial charge in [-0.3, -0.25) is 23.6 Å². The van der Waals surface area contributed by atoms with E-state index in [0.29, 0.717) is 24.0 Å². The molecule has 0 spiro atoms. The molecule has 0 bridgehead atoms. The highest BCUT2D eigenvalue weighted by atomic mass is 16.5. The van der Waals surface area contributed by atoms with Crippen LogP contribution in [0.4, 0.5) is 0 Å². The van der Waals surface area contributed by atoms with Crippen molar-refractivity contribution >= 4 is 16.8 Å². The van der Waals surface area contributed by atoms with Gasteiger partial charge < -0.3 is 9.64 Å². The molecule has 0 atom stereocenters. The maximum Gasteiger partial charge on any atom is 0.331 e. The summed E-state index contributed by atoms with van der Waals surface area (Å²) in [6.07, 6.45) is 0.942. The average molecular weight is 451 g/mol. The Morgan fingerprint density at radius 3 is 2.30 bits per heavy atom. The van der Waals surface area contributed by atoms with Crippen molar-refractivity contribution in [3.05, 3.63) is 74.9 Å². The zero-order chi connectivity index (χ0) is 23.4. The van der Waals surface area contributed by atoms with Gasteiger partial charge in [0, 0.05) is 39.3 Å². The van der Waals surface area contributed by atoms with Crippen LogP contribution in [-0.2, 0) is 24.3 Å². The van der Waals surface area contributed by atoms with E-state index < -0.39 is 5.69 Å². The molecule has 2 aromatic carbocycles. The second kappa shape index (κ2) is 10.0. The van der Waals surface area contributed by atoms with Crippen molar-refractivity contribution in [2.45, 2.75) is 26.4 Å². The number of carbonyl (C=O) groups excluding carboxylic acids is 1. The maximum atomic E-state index is 13.0. The number of hydrogen-bond acceptors (Lipinski definition) is 5. The summed E-state index contributed by atoms with van der Waals surface area (Å²) in [7, 11) is 1.66. The molecule has 174 valence electrons. The molecule has 0 N–H and O–H groups in total. The first kappa shape index (κ1) is 22.8. The molecular formula is C25H30N4O4. The van der Waals surface area contributed by atoms with Crippen LogP contribution >= 0.6 is 0 Å². The van der Waals surface area contributed by atoms with Gasteiger partial charge in [0.2, 0.25) is 5.91 Å². The van der Waals surface area contributed by atoms with E-state index >= 15 is 0 Å². The van der Waals surface area contributed by atoms with Crippen LogP contribution in [0.2, 0.25) is 0 Å². The van der Waals surface area contributed by atoms with Crippen LogP contribution < -0.4 is 16.0 Å². The smallest absolute Gasteiger partial charge is 0.331 e. The fourth-order valence-electron chi connectivity index (χ4n) is 4.34. The van der Waals surface area contributed by atoms with E-state index in [1.54, 1.807) is 38.3 Å². The number of rotatable bonds is 7. The van der Waals surface area contributed by atoms with Gasteiger partial charge in [-0.15, -0.1) is 0 Å². The Bertz CT molecular complexity index is 1240. The molecule has 33 heavy (non-hydrogen) atoms. The van der Waals surface area contributed by atoms with Gasteiger partial charge in [-0.05, 0) is 43.2 Å². The molecule has 0 saturated carbocycles. The first-order chi connectivity index (χ1) is 16.0. The lowest BCUT2D eigenvalue weighted by Gasteiger charge is -2.35. The normalized spacial score (nSPS) is 14.5. The third-order valence-corrected chi connectivity index (χ3v) is 6.34. The number of amides is 1. The topological polar surface area (TPSA) is 76.8 Å². The largest absolute Gasteiger partial charge is 0.497 e. The number of piperazine rings is 1. The standard InChI is InChI=1S/C25H30N4O4/c1-3-28-24(31)21-6-4-5-7-22(21)29(25(28)32)18-23(30)27-16-14-26(15-17-27)13-12-19-8-10-20(33-2)11-9-19/h4-11H,3,12-18H2,1-2H3. The lowest BCUT2D eigenvalue weighted by atomic mass is 10.1. The Morgan fingerprint density at radius 1 is 0.939 bits per heavy atom. The van der Waals surface area contributed by atoms with E-state index in [9.17, 15) is 14.4 Å². The molecule has 8 heteroatoms. The number of hydrogen-bond donors (Lipinski definition) is 0. The fraction of sp³-hybridized carbons (Fsp3) is 0.400. The van der Waals surface area contributed by atoms with Crippen molar-refractivity contribution in [1.29, 1.82) is 0 Å². The van der Waals surface area contributed by atoms with E-state index in [4.69, 9.17) is 4.74 Å². The molecule has 0 unspecified atom stereocenters. The third kappa shape index (κ3) is 4.85. The van der Waals surface area contributed by atoms with E-state index in [-0.39, 0.29) is 24.6 Å². The molecular weight excluding hydrogens is 420 g/mol. The van der Waals surface area contributed by atoms with Crippen molar-refractivity contribution < 1.29 is 9.53 Å². The second-order valence-electron chi connectivity index (χ2n) is 8.26. The van der Waals surface area contributed by atoms with Crippen molar-refractivity contribution in [3.8, 4) is 5.75 Å². The SMILES string of the molecule is CCn1c(=O)c2ccccc2n(CC(=O)N2CCN(CCc3ccc(OC)cc3)CC2)c1=O. The van der Waals surface area contributed by atoms with Crippen molar-refractivity contribution in [1.82, 2.24) is 18.9 Å². The number of carbonyl (C=O) groups is 1. The highest BCUT2D eigenvalue weighted by Gasteiger charge is 2.23. The molecule has 8 nitrogen and oxygen atoms in total. The third-order valence-electron chi connectivity index (χ3n) is 6.34. The number of fused-ring (bicyclic) bond motifs is 1. The number of ether oxygens (including phenoxy) is 1. The quantitative estimate of drug-likeness (QED) is 0.546. The molecule has 4 rings (SSSR count). The maximum absolute atomic E-state index is 13.0. The number of methoxy groups -OCH3 is 1. The molecule has 3 aromatic rings. The van der Waals surface area contributed by atoms with Crippen molar-refractivity contribution in [2.75, 3.05) is 39.8 Å². The Balaban J connectivity index is 1.39. The highest BCUT2D eigenvalue weighted by Crippen LogP contribution is 2.13. The van der Waals surface area contributed by atoms with Gasteiger partial charge in [-0.1, -0.05) is 24.3 Å². The van der Waals surface area contributed by atoms with Crippen molar-refractivity contribution in [2.24, 2.45) is 0 Å². The minimum Gasteiger partial charge on any atom is -0.497 e. The van der Waals surface area contributed by atoms with Crippen LogP contribution in [-0.4, -0.2) is 64.7 Å². The van der Waals surface area contributed by atoms with Gasteiger partial charge in [-0.2, -0.15) is 0 Å². The van der Waals surface area contributed by atoms with Crippen LogP contribution in [0.25, 0.3) is 10.9 Å². The monoisotopic (exact) mass is 450 g/mol. The molecule has 1 amide bonds. The van der Waals surface area contributed by atoms with Gasteiger partial charge >= 0.3 is 5.69 Å². The minimum atomic E-state index is -0.437. The summed E-state index contributed by atoms with van der Waals surface area (Å²) in [5, 5.41) is 0.454. The number of benzene rings is 2. The summed E-state index contributed by atoms with van der Waals surface area (Å²) in [6, 6.07) is 15.1. The Hall–Kier alpha value is -3.39. The van der Waals surface area contributed by atoms with Crippen molar-refractivity contribution in [3.63, 3.8) is 0 Å². The lowest BCUT2D eigenvalue weighted by Crippen LogP contribution is -2.51. The van der Waals surface area contributed by atoms with Gasteiger partial charge in [0.15, 0.2) is 0 Å². The van der Waals surface area contributed by atoms with E-state index in [1.165, 1.54) is 14.7 Å². The summed E-state index contributed by atoms with van der Waals surface area (Å²) in [5.41, 5.74) is 1.01.